The van der Waals surface area contributed by atoms with E-state index in [2.05, 4.69) is 35.0 Å². The van der Waals surface area contributed by atoms with E-state index in [9.17, 15) is 60.2 Å². The van der Waals surface area contributed by atoms with Gasteiger partial charge in [-0.25, -0.2) is 17.9 Å². The molecule has 520 valence electrons. The van der Waals surface area contributed by atoms with E-state index in [1.807, 2.05) is 19.1 Å². The van der Waals surface area contributed by atoms with Crippen LogP contribution in [0, 0.1) is 60.0 Å². The van der Waals surface area contributed by atoms with Crippen molar-refractivity contribution in [1.82, 2.24) is 0 Å². The number of nitrogens with zero attached hydrogens (tertiary/aromatic N) is 2. The van der Waals surface area contributed by atoms with Gasteiger partial charge in [-0.05, 0) is 139 Å². The Morgan fingerprint density at radius 2 is 1.30 bits per heavy atom. The van der Waals surface area contributed by atoms with Gasteiger partial charge in [0.1, 0.15) is 15.1 Å². The molecule has 1 aromatic carbocycles. The molecule has 0 bridgehead atoms. The maximum Gasteiger partial charge on any atom is 0.426 e. The van der Waals surface area contributed by atoms with Gasteiger partial charge in [0.05, 0.1) is 55.3 Å². The highest BCUT2D eigenvalue weighted by Gasteiger charge is 2.70. The second-order valence-electron chi connectivity index (χ2n) is 27.4. The Kier molecular flexibility index (Phi) is 28.1. The van der Waals surface area contributed by atoms with E-state index in [1.165, 1.54) is 13.8 Å². The van der Waals surface area contributed by atoms with Gasteiger partial charge in [-0.1, -0.05) is 105 Å². The van der Waals surface area contributed by atoms with E-state index in [0.717, 1.165) is 62.6 Å². The van der Waals surface area contributed by atoms with Crippen LogP contribution in [0.5, 0.6) is 0 Å². The van der Waals surface area contributed by atoms with Gasteiger partial charge in [-0.2, -0.15) is 26.3 Å². The molecule has 1 N–H and O–H groups in total. The molecule has 1 heterocycles. The minimum atomic E-state index is -6.07. The summed E-state index contributed by atoms with van der Waals surface area (Å²) in [4.78, 5) is 90.1. The molecule has 3 saturated carbocycles. The minimum absolute atomic E-state index is 0.0173. The molecule has 13 atom stereocenters. The predicted octanol–water partition coefficient (Wildman–Crippen LogP) is 15.6. The number of thiocarbonyl (C=S) groups is 2. The topological polar surface area (TPSA) is 187 Å². The summed E-state index contributed by atoms with van der Waals surface area (Å²) in [6, 6.07) is 8.44. The summed E-state index contributed by atoms with van der Waals surface area (Å²) >= 11 is 13.0. The van der Waals surface area contributed by atoms with Crippen molar-refractivity contribution in [2.24, 2.45) is 46.8 Å². The van der Waals surface area contributed by atoms with Gasteiger partial charge in [-0.3, -0.25) is 24.0 Å². The fraction of sp³-hybridized carbons (Fsp3) is 0.681. The Morgan fingerprint density at radius 3 is 1.81 bits per heavy atom. The molecular weight excluding hydrogens is 1310 g/mol. The number of alkyl halides is 6. The van der Waals surface area contributed by atoms with Crippen LogP contribution in [0.1, 0.15) is 177 Å². The highest BCUT2D eigenvalue weighted by Crippen LogP contribution is 2.51. The Labute approximate surface area is 568 Å². The number of rotatable bonds is 33. The van der Waals surface area contributed by atoms with Crippen LogP contribution in [0.25, 0.3) is 9.69 Å². The lowest BCUT2D eigenvalue weighted by Gasteiger charge is -2.40. The zero-order chi connectivity index (χ0) is 70.3. The fourth-order valence-electron chi connectivity index (χ4n) is 13.6. The smallest absolute Gasteiger partial charge is 0.426 e. The molecule has 0 amide bonds. The van der Waals surface area contributed by atoms with Gasteiger partial charge in [-0.15, -0.1) is 24.9 Å². The number of cyclic esters (lactones) is 1. The lowest BCUT2D eigenvalue weighted by Crippen LogP contribution is -2.57. The van der Waals surface area contributed by atoms with E-state index < -0.39 is 110 Å². The Morgan fingerprint density at radius 1 is 0.755 bits per heavy atom. The molecule has 4 aliphatic rings. The van der Waals surface area contributed by atoms with E-state index in [1.54, 1.807) is 58.0 Å². The summed E-state index contributed by atoms with van der Waals surface area (Å²) in [5.74, 6) is -5.76. The van der Waals surface area contributed by atoms with Crippen LogP contribution in [0.2, 0.25) is 0 Å². The summed E-state index contributed by atoms with van der Waals surface area (Å²) in [5, 5.41) is 9.77. The second-order valence-corrected chi connectivity index (χ2v) is 32.2. The monoisotopic (exact) mass is 1400 g/mol. The number of ether oxygens (including phenoxy) is 6. The number of allylic oxidation sites excluding steroid dienone is 4. The molecule has 5 rings (SSSR count). The molecule has 25 heteroatoms. The first kappa shape index (κ1) is 79.3. The van der Waals surface area contributed by atoms with Crippen molar-refractivity contribution in [3.8, 4) is 0 Å². The highest BCUT2D eigenvalue weighted by molar-refractivity contribution is 8.25. The number of halogens is 6. The molecule has 1 aromatic rings. The van der Waals surface area contributed by atoms with Crippen molar-refractivity contribution < 1.29 is 88.6 Å². The normalized spacial score (nSPS) is 24.9. The Hall–Kier alpha value is -5.34. The average molecular weight is 1400 g/mol. The first-order chi connectivity index (χ1) is 43.8. The molecule has 1 aliphatic heterocycles. The van der Waals surface area contributed by atoms with Crippen molar-refractivity contribution in [2.75, 3.05) is 26.4 Å². The Bertz CT molecular complexity index is 3010. The van der Waals surface area contributed by atoms with Crippen molar-refractivity contribution in [3.05, 3.63) is 96.2 Å². The molecule has 0 aromatic heterocycles. The number of esters is 6. The van der Waals surface area contributed by atoms with Gasteiger partial charge < -0.3 is 43.2 Å². The SMILES string of the molecule is [C-]#[N+]C(C)(CCC(=O)OCC1CC(C=C)CC1/C=C\C1CC(C=C)C(COC(=O)CCC(C)(CC(C)(SC(=S)c2ccccc2)C(=O)OCC(C)CC(O)(C(F)(F)F)C(F)(F)F)[N+]#[C-])C1)CC(C)(CC(C)(SC(C)=S)C(=O)OC1CCOC1=O)C(=O)OC1(CC)CCCC1. The van der Waals surface area contributed by atoms with Crippen LogP contribution in [0.4, 0.5) is 26.3 Å². The third kappa shape index (κ3) is 21.3. The van der Waals surface area contributed by atoms with Crippen LogP contribution in [-0.4, -0.2) is 126 Å². The maximum atomic E-state index is 14.7. The minimum Gasteiger partial charge on any atom is -0.465 e. The standard InChI is InChI=1S/C69H90F6N2O13S4/c1-13-46-33-50(52(34-46)40-87-54(78)25-30-62(7,76-11)41-61(6,58(81)90-66(15-3)28-19-20-29-66)42-64(9,93-45(5)91)60(83)89-53-27-32-85-56(53)80)24-23-47-35-48(14-2)51(36-47)39-86-55(79)26-31-63(8,77-12)43-65(10,94-57(92)49-21-17-16-18-22-49)59(82)88-38-44(4)37-67(84,68(70,71)72)69(73,74)75/h13-14,16-18,21-24,44,46-48,50-53,84H,1-2,15,19-20,25-43H2,3-10H3/b24-23-. The maximum absolute atomic E-state index is 14.7. The van der Waals surface area contributed by atoms with Crippen LogP contribution in [-0.2, 0) is 57.2 Å². The lowest BCUT2D eigenvalue weighted by atomic mass is 9.71. The van der Waals surface area contributed by atoms with Crippen LogP contribution in [0.15, 0.2) is 67.8 Å². The number of thioether (sulfide) groups is 2. The number of carbonyl (C=O) groups excluding carboxylic acids is 6. The summed E-state index contributed by atoms with van der Waals surface area (Å²) in [6.07, 6.45) is -1.37. The number of benzene rings is 1. The largest absolute Gasteiger partial charge is 0.465 e. The average Bonchev–Trinajstić information content (AvgIpc) is 1.10. The van der Waals surface area contributed by atoms with E-state index >= 15 is 0 Å². The van der Waals surface area contributed by atoms with Crippen LogP contribution < -0.4 is 0 Å². The molecule has 0 radical (unpaired) electrons. The third-order valence-electron chi connectivity index (χ3n) is 19.0. The number of hydrogen-bond acceptors (Lipinski definition) is 17. The molecular formula is C69H90F6N2O13S4. The van der Waals surface area contributed by atoms with E-state index in [-0.39, 0.29) is 111 Å². The molecule has 94 heavy (non-hydrogen) atoms. The van der Waals surface area contributed by atoms with E-state index in [0.29, 0.717) is 35.4 Å². The van der Waals surface area contributed by atoms with E-state index in [4.69, 9.17) is 66.0 Å². The van der Waals surface area contributed by atoms with Gasteiger partial charge in [0.25, 0.3) is 5.60 Å². The number of aliphatic hydroxyl groups is 1. The zero-order valence-electron chi connectivity index (χ0n) is 54.9. The lowest BCUT2D eigenvalue weighted by molar-refractivity contribution is -0.372. The van der Waals surface area contributed by atoms with Gasteiger partial charge in [0, 0.05) is 50.1 Å². The molecule has 13 unspecified atom stereocenters. The van der Waals surface area contributed by atoms with Crippen molar-refractivity contribution in [1.29, 1.82) is 0 Å². The zero-order valence-corrected chi connectivity index (χ0v) is 58.2. The number of carbonyl (C=O) groups is 6. The first-order valence-electron chi connectivity index (χ1n) is 31.9. The molecule has 0 spiro atoms. The summed E-state index contributed by atoms with van der Waals surface area (Å²) in [7, 11) is 0. The van der Waals surface area contributed by atoms with Crippen LogP contribution in [0.3, 0.4) is 0 Å². The second kappa shape index (κ2) is 33.3. The van der Waals surface area contributed by atoms with Crippen molar-refractivity contribution in [2.45, 2.75) is 221 Å². The molecule has 3 aliphatic carbocycles. The van der Waals surface area contributed by atoms with Crippen molar-refractivity contribution >= 4 is 92.2 Å². The quantitative estimate of drug-likeness (QED) is 0.0175. The Balaban J connectivity index is 1.19. The molecule has 4 fully saturated rings. The van der Waals surface area contributed by atoms with Gasteiger partial charge in [0.15, 0.2) is 0 Å². The van der Waals surface area contributed by atoms with Gasteiger partial charge >= 0.3 is 48.2 Å². The first-order valence-corrected chi connectivity index (χ1v) is 34.4. The summed E-state index contributed by atoms with van der Waals surface area (Å²) < 4.78 is 113. The summed E-state index contributed by atoms with van der Waals surface area (Å²) in [6.45, 7) is 36.4. The molecule has 1 saturated heterocycles. The number of hydrogen-bond donors (Lipinski definition) is 1. The van der Waals surface area contributed by atoms with Gasteiger partial charge in [0.2, 0.25) is 17.2 Å². The third-order valence-corrected chi connectivity index (χ3v) is 22.0. The fourth-order valence-corrected chi connectivity index (χ4v) is 17.2. The molecule has 15 nitrogen and oxygen atoms in total. The van der Waals surface area contributed by atoms with Crippen LogP contribution >= 0.6 is 48.0 Å². The highest BCUT2D eigenvalue weighted by atomic mass is 32.2. The summed E-state index contributed by atoms with van der Waals surface area (Å²) in [5.41, 5.74) is -9.49. The van der Waals surface area contributed by atoms with Crippen molar-refractivity contribution in [3.63, 3.8) is 0 Å². The predicted molar refractivity (Wildman–Crippen MR) is 355 cm³/mol.